The predicted molar refractivity (Wildman–Crippen MR) is 250 cm³/mol. The topological polar surface area (TPSA) is 118 Å². The third-order valence-electron chi connectivity index (χ3n) is 20.4. The summed E-state index contributed by atoms with van der Waals surface area (Å²) in [4.78, 5) is 13.4. The smallest absolute Gasteiger partial charge is 0.159 e. The first-order valence-corrected chi connectivity index (χ1v) is 25.4. The zero-order valence-corrected chi connectivity index (χ0v) is 39.9. The third-order valence-corrected chi connectivity index (χ3v) is 20.4. The molecule has 17 atom stereocenters. The molecule has 6 fully saturated rings. The van der Waals surface area contributed by atoms with Gasteiger partial charge in [0.15, 0.2) is 5.78 Å². The number of carbonyl (C=O) groups excluding carboxylic acids is 1. The monoisotopic (exact) mass is 851 g/mol. The van der Waals surface area contributed by atoms with Crippen LogP contribution in [0.5, 0.6) is 0 Å². The van der Waals surface area contributed by atoms with E-state index in [0.29, 0.717) is 65.0 Å². The molecule has 0 aliphatic heterocycles. The molecule has 8 aliphatic carbocycles. The van der Waals surface area contributed by atoms with Crippen LogP contribution in [0.1, 0.15) is 205 Å². The summed E-state index contributed by atoms with van der Waals surface area (Å²) in [5, 5.41) is 51.8. The molecule has 2 unspecified atom stereocenters. The molecule has 61 heavy (non-hydrogen) atoms. The Balaban J connectivity index is 0.000000201. The van der Waals surface area contributed by atoms with Gasteiger partial charge in [-0.3, -0.25) is 4.79 Å². The molecule has 0 spiro atoms. The van der Waals surface area contributed by atoms with E-state index in [1.165, 1.54) is 75.4 Å². The number of aliphatic hydroxyl groups is 5. The zero-order valence-electron chi connectivity index (χ0n) is 39.9. The quantitative estimate of drug-likeness (QED) is 0.140. The molecule has 0 heterocycles. The summed E-state index contributed by atoms with van der Waals surface area (Å²) in [6.45, 7) is 22.4. The maximum absolute atomic E-state index is 13.4. The van der Waals surface area contributed by atoms with Gasteiger partial charge < -0.3 is 25.5 Å². The van der Waals surface area contributed by atoms with Gasteiger partial charge in [-0.1, -0.05) is 91.9 Å². The van der Waals surface area contributed by atoms with Gasteiger partial charge in [-0.25, -0.2) is 0 Å². The average molecular weight is 851 g/mol. The normalized spacial score (nSPS) is 45.2. The first-order valence-electron chi connectivity index (χ1n) is 25.4. The summed E-state index contributed by atoms with van der Waals surface area (Å²) in [7, 11) is 0. The Labute approximate surface area is 373 Å². The van der Waals surface area contributed by atoms with Crippen molar-refractivity contribution in [3.8, 4) is 0 Å². The fraction of sp³-hybridized carbons (Fsp3) is 0.909. The van der Waals surface area contributed by atoms with E-state index in [9.17, 15) is 30.3 Å². The van der Waals surface area contributed by atoms with Crippen molar-refractivity contribution in [1.82, 2.24) is 0 Å². The molecule has 6 saturated carbocycles. The summed E-state index contributed by atoms with van der Waals surface area (Å²) < 4.78 is 0. The maximum atomic E-state index is 13.4. The Morgan fingerprint density at radius 2 is 1.08 bits per heavy atom. The number of fused-ring (bicyclic) bond motifs is 10. The van der Waals surface area contributed by atoms with E-state index in [2.05, 4.69) is 47.6 Å². The molecule has 8 aliphatic rings. The van der Waals surface area contributed by atoms with Crippen LogP contribution in [0.2, 0.25) is 0 Å². The fourth-order valence-corrected chi connectivity index (χ4v) is 17.1. The van der Waals surface area contributed by atoms with Crippen molar-refractivity contribution < 1.29 is 30.3 Å². The highest BCUT2D eigenvalue weighted by Gasteiger charge is 2.63. The highest BCUT2D eigenvalue weighted by Crippen LogP contribution is 2.69. The van der Waals surface area contributed by atoms with Crippen molar-refractivity contribution in [2.45, 2.75) is 235 Å². The Morgan fingerprint density at radius 1 is 0.623 bits per heavy atom. The predicted octanol–water partition coefficient (Wildman–Crippen LogP) is 11.8. The average Bonchev–Trinajstić information content (AvgIpc) is 3.69. The lowest BCUT2D eigenvalue weighted by atomic mass is 9.46. The van der Waals surface area contributed by atoms with Crippen LogP contribution in [0.3, 0.4) is 0 Å². The molecule has 350 valence electrons. The van der Waals surface area contributed by atoms with Crippen LogP contribution in [-0.4, -0.2) is 60.8 Å². The van der Waals surface area contributed by atoms with Crippen LogP contribution in [-0.2, 0) is 4.79 Å². The van der Waals surface area contributed by atoms with E-state index in [0.717, 1.165) is 63.7 Å². The molecule has 6 nitrogen and oxygen atoms in total. The van der Waals surface area contributed by atoms with Gasteiger partial charge in [-0.15, -0.1) is 0 Å². The standard InChI is InChI=1S/C27H46O3.C27H44O3.CH4/c2*1-17(7-6-12-25(2,3)30)20-8-9-21-24-22(11-14-27(20,21)5)26(4)13-10-19(28)15-18(26)16-23(24)29;/h16-17,19-24,28-30H,6-15H2,1-5H3;16-17,19-22,24,28,30H,6-15H2,1-5H3;1H4/t17-,19+,20-,21+,22?,23-,24+,26+,27-;17-,19+,20-,21+,22?,24+,26+,27-;/m11./s1. The number of allylic oxidation sites excluding steroid dienone is 1. The van der Waals surface area contributed by atoms with Crippen molar-refractivity contribution in [2.24, 2.45) is 80.8 Å². The highest BCUT2D eigenvalue weighted by atomic mass is 16.3. The van der Waals surface area contributed by atoms with Gasteiger partial charge >= 0.3 is 0 Å². The largest absolute Gasteiger partial charge is 0.393 e. The van der Waals surface area contributed by atoms with Gasteiger partial charge in [0.2, 0.25) is 0 Å². The molecular weight excluding hydrogens is 757 g/mol. The molecular formula is C55H94O6. The Bertz CT molecular complexity index is 1600. The second kappa shape index (κ2) is 18.0. The van der Waals surface area contributed by atoms with E-state index >= 15 is 0 Å². The van der Waals surface area contributed by atoms with E-state index in [-0.39, 0.29) is 47.9 Å². The highest BCUT2D eigenvalue weighted by molar-refractivity contribution is 5.94. The summed E-state index contributed by atoms with van der Waals surface area (Å²) in [6, 6.07) is 0. The SMILES string of the molecule is C.C[C@H](CCCC(C)(C)O)[C@H]1CC[C@H]2[C@@H]3C(=O)C=C4C[C@@H](O)CC[C@]4(C)C3CC[C@]12C.C[C@H](CCCC(C)(C)O)[C@H]1CC[C@H]2[C@H]3C(CC[C@]12C)[C@@]1(C)CC[C@H](O)CC1=C[C@H]3O. The summed E-state index contributed by atoms with van der Waals surface area (Å²) in [6.07, 6.45) is 24.9. The minimum absolute atomic E-state index is 0. The number of carbonyl (C=O) groups is 1. The minimum atomic E-state index is -0.568. The maximum Gasteiger partial charge on any atom is 0.159 e. The lowest BCUT2D eigenvalue weighted by molar-refractivity contribution is -0.135. The van der Waals surface area contributed by atoms with Crippen LogP contribution in [0.4, 0.5) is 0 Å². The van der Waals surface area contributed by atoms with Crippen molar-refractivity contribution in [2.75, 3.05) is 0 Å². The van der Waals surface area contributed by atoms with Crippen molar-refractivity contribution in [3.05, 3.63) is 23.3 Å². The van der Waals surface area contributed by atoms with Gasteiger partial charge in [0.05, 0.1) is 29.5 Å². The number of aliphatic hydroxyl groups excluding tert-OH is 3. The zero-order chi connectivity index (χ0) is 43.8. The van der Waals surface area contributed by atoms with Gasteiger partial charge in [0.1, 0.15) is 0 Å². The van der Waals surface area contributed by atoms with E-state index in [1.54, 1.807) is 0 Å². The fourth-order valence-electron chi connectivity index (χ4n) is 17.1. The molecule has 0 aromatic rings. The summed E-state index contributed by atoms with van der Waals surface area (Å²) in [5.41, 5.74) is 2.38. The molecule has 6 heteroatoms. The third kappa shape index (κ3) is 9.36. The second-order valence-electron chi connectivity index (χ2n) is 25.2. The van der Waals surface area contributed by atoms with Crippen LogP contribution in [0.25, 0.3) is 0 Å². The second-order valence-corrected chi connectivity index (χ2v) is 25.2. The van der Waals surface area contributed by atoms with Crippen molar-refractivity contribution >= 4 is 5.78 Å². The molecule has 0 saturated heterocycles. The van der Waals surface area contributed by atoms with Crippen LogP contribution in [0.15, 0.2) is 23.3 Å². The summed E-state index contributed by atoms with van der Waals surface area (Å²) in [5.74, 6) is 5.92. The molecule has 0 amide bonds. The van der Waals surface area contributed by atoms with Crippen LogP contribution in [0, 0.1) is 80.8 Å². The van der Waals surface area contributed by atoms with Gasteiger partial charge in [-0.05, 0) is 211 Å². The Hall–Kier alpha value is -1.05. The van der Waals surface area contributed by atoms with E-state index in [4.69, 9.17) is 0 Å². The van der Waals surface area contributed by atoms with Crippen LogP contribution < -0.4 is 0 Å². The molecule has 0 radical (unpaired) electrons. The van der Waals surface area contributed by atoms with E-state index < -0.39 is 11.2 Å². The molecule has 0 aromatic heterocycles. The molecule has 8 rings (SSSR count). The van der Waals surface area contributed by atoms with Gasteiger partial charge in [0.25, 0.3) is 0 Å². The number of rotatable bonds is 10. The van der Waals surface area contributed by atoms with E-state index in [1.807, 2.05) is 33.8 Å². The Kier molecular flexibility index (Phi) is 14.6. The molecule has 0 aromatic carbocycles. The number of hydrogen-bond donors (Lipinski definition) is 5. The number of hydrogen-bond acceptors (Lipinski definition) is 6. The first kappa shape index (κ1) is 49.4. The lowest BCUT2D eigenvalue weighted by Crippen LogP contribution is -2.54. The Morgan fingerprint density at radius 3 is 1.61 bits per heavy atom. The lowest BCUT2D eigenvalue weighted by Gasteiger charge is -2.59. The van der Waals surface area contributed by atoms with Gasteiger partial charge in [-0.2, -0.15) is 0 Å². The number of ketones is 1. The van der Waals surface area contributed by atoms with Gasteiger partial charge in [0, 0.05) is 5.92 Å². The van der Waals surface area contributed by atoms with Crippen molar-refractivity contribution in [3.63, 3.8) is 0 Å². The first-order chi connectivity index (χ1) is 27.9. The van der Waals surface area contributed by atoms with Crippen molar-refractivity contribution in [1.29, 1.82) is 0 Å². The molecule has 5 N–H and O–H groups in total. The van der Waals surface area contributed by atoms with Crippen LogP contribution >= 0.6 is 0 Å². The minimum Gasteiger partial charge on any atom is -0.393 e. The molecule has 0 bridgehead atoms. The summed E-state index contributed by atoms with van der Waals surface area (Å²) >= 11 is 0.